The van der Waals surface area contributed by atoms with Crippen LogP contribution in [0.15, 0.2) is 41.4 Å². The molecule has 0 radical (unpaired) electrons. The second-order valence-corrected chi connectivity index (χ2v) is 6.38. The Morgan fingerprint density at radius 3 is 2.33 bits per heavy atom. The summed E-state index contributed by atoms with van der Waals surface area (Å²) in [5.74, 6) is -2.31. The van der Waals surface area contributed by atoms with Gasteiger partial charge in [-0.2, -0.15) is 0 Å². The highest BCUT2D eigenvalue weighted by Gasteiger charge is 2.26. The van der Waals surface area contributed by atoms with E-state index in [0.717, 1.165) is 18.2 Å². The zero-order valence-corrected chi connectivity index (χ0v) is 12.4. The molecule has 1 aromatic heterocycles. The van der Waals surface area contributed by atoms with Crippen molar-refractivity contribution in [1.29, 1.82) is 0 Å². The molecule has 0 aliphatic rings. The molecule has 0 unspecified atom stereocenters. The Labute approximate surface area is 125 Å². The van der Waals surface area contributed by atoms with Gasteiger partial charge in [0.1, 0.15) is 11.6 Å². The Kier molecular flexibility index (Phi) is 4.55. The summed E-state index contributed by atoms with van der Waals surface area (Å²) < 4.78 is 53.5. The van der Waals surface area contributed by atoms with Gasteiger partial charge >= 0.3 is 0 Å². The first-order valence-corrected chi connectivity index (χ1v) is 7.75. The van der Waals surface area contributed by atoms with Crippen LogP contribution in [0.5, 0.6) is 0 Å². The van der Waals surface area contributed by atoms with Crippen molar-refractivity contribution in [3.63, 3.8) is 0 Å². The van der Waals surface area contributed by atoms with Crippen LogP contribution in [0.2, 0.25) is 5.02 Å². The Bertz CT molecular complexity index is 731. The maximum absolute atomic E-state index is 13.6. The zero-order valence-electron chi connectivity index (χ0n) is 10.8. The lowest BCUT2D eigenvalue weighted by Crippen LogP contribution is -2.29. The molecule has 1 aromatic carbocycles. The van der Waals surface area contributed by atoms with Gasteiger partial charge in [0, 0.05) is 6.20 Å². The molecule has 21 heavy (non-hydrogen) atoms. The van der Waals surface area contributed by atoms with Crippen molar-refractivity contribution in [1.82, 2.24) is 9.71 Å². The summed E-state index contributed by atoms with van der Waals surface area (Å²) in [5.41, 5.74) is 0.375. The summed E-state index contributed by atoms with van der Waals surface area (Å²) >= 11 is 5.69. The molecule has 0 saturated carbocycles. The second-order valence-electron chi connectivity index (χ2n) is 4.30. The van der Waals surface area contributed by atoms with Crippen LogP contribution in [0.4, 0.5) is 8.78 Å². The molecule has 0 amide bonds. The first-order valence-electron chi connectivity index (χ1n) is 5.89. The van der Waals surface area contributed by atoms with E-state index in [2.05, 4.69) is 9.71 Å². The van der Waals surface area contributed by atoms with Gasteiger partial charge in [-0.3, -0.25) is 4.98 Å². The normalized spacial score (nSPS) is 13.1. The molecule has 1 N–H and O–H groups in total. The predicted octanol–water partition coefficient (Wildman–Crippen LogP) is 3.05. The van der Waals surface area contributed by atoms with Crippen LogP contribution in [0.3, 0.4) is 0 Å². The highest BCUT2D eigenvalue weighted by Crippen LogP contribution is 2.21. The first kappa shape index (κ1) is 15.8. The Morgan fingerprint density at radius 2 is 1.81 bits per heavy atom. The monoisotopic (exact) mass is 332 g/mol. The zero-order chi connectivity index (χ0) is 15.6. The van der Waals surface area contributed by atoms with Crippen LogP contribution < -0.4 is 4.72 Å². The van der Waals surface area contributed by atoms with Gasteiger partial charge in [0.2, 0.25) is 10.0 Å². The van der Waals surface area contributed by atoms with E-state index in [0.29, 0.717) is 10.7 Å². The maximum atomic E-state index is 13.6. The fraction of sp³-hybridized carbons (Fsp3) is 0.154. The van der Waals surface area contributed by atoms with Gasteiger partial charge in [-0.05, 0) is 31.2 Å². The predicted molar refractivity (Wildman–Crippen MR) is 74.3 cm³/mol. The smallest absolute Gasteiger partial charge is 0.247 e. The fourth-order valence-corrected chi connectivity index (χ4v) is 3.20. The van der Waals surface area contributed by atoms with Gasteiger partial charge in [-0.25, -0.2) is 21.9 Å². The van der Waals surface area contributed by atoms with Gasteiger partial charge in [0.25, 0.3) is 0 Å². The highest BCUT2D eigenvalue weighted by atomic mass is 35.5. The number of hydrogen-bond donors (Lipinski definition) is 1. The third kappa shape index (κ3) is 3.55. The van der Waals surface area contributed by atoms with Crippen LogP contribution in [0.25, 0.3) is 0 Å². The average Bonchev–Trinajstić information content (AvgIpc) is 2.38. The summed E-state index contributed by atoms with van der Waals surface area (Å²) in [6.07, 6.45) is 1.35. The minimum absolute atomic E-state index is 0.375. The van der Waals surface area contributed by atoms with Crippen LogP contribution in [0.1, 0.15) is 18.7 Å². The summed E-state index contributed by atoms with van der Waals surface area (Å²) in [4.78, 5) is 2.95. The van der Waals surface area contributed by atoms with Gasteiger partial charge in [-0.15, -0.1) is 0 Å². The molecule has 112 valence electrons. The lowest BCUT2D eigenvalue weighted by atomic mass is 10.2. The van der Waals surface area contributed by atoms with Gasteiger partial charge < -0.3 is 0 Å². The lowest BCUT2D eigenvalue weighted by molar-refractivity contribution is 0.508. The van der Waals surface area contributed by atoms with Crippen molar-refractivity contribution in [2.75, 3.05) is 0 Å². The molecule has 0 aliphatic heterocycles. The number of sulfonamides is 1. The average molecular weight is 333 g/mol. The summed E-state index contributed by atoms with van der Waals surface area (Å²) in [6, 6.07) is 5.14. The Morgan fingerprint density at radius 1 is 1.19 bits per heavy atom. The van der Waals surface area contributed by atoms with Crippen LogP contribution in [0, 0.1) is 11.6 Å². The number of nitrogens with zero attached hydrogens (tertiary/aromatic N) is 1. The van der Waals surface area contributed by atoms with Crippen LogP contribution in [-0.2, 0) is 10.0 Å². The van der Waals surface area contributed by atoms with Gasteiger partial charge in [-0.1, -0.05) is 17.7 Å². The molecule has 8 heteroatoms. The Hall–Kier alpha value is -1.57. The summed E-state index contributed by atoms with van der Waals surface area (Å²) in [5, 5.41) is 0.397. The van der Waals surface area contributed by atoms with E-state index < -0.39 is 32.6 Å². The van der Waals surface area contributed by atoms with E-state index in [1.165, 1.54) is 19.2 Å². The molecule has 2 rings (SSSR count). The van der Waals surface area contributed by atoms with Crippen LogP contribution in [-0.4, -0.2) is 13.4 Å². The quantitative estimate of drug-likeness (QED) is 0.936. The number of aromatic nitrogens is 1. The van der Waals surface area contributed by atoms with Gasteiger partial charge in [0.05, 0.1) is 16.8 Å². The minimum atomic E-state index is -4.35. The highest BCUT2D eigenvalue weighted by molar-refractivity contribution is 7.89. The standard InChI is InChI=1S/C13H11ClF2N2O2S/c1-8(12-6-5-9(14)7-17-12)18-21(19,20)13-10(15)3-2-4-11(13)16/h2-8,18H,1H3/t8-/m1/s1. The van der Waals surface area contributed by atoms with E-state index in [1.807, 2.05) is 0 Å². The molecule has 1 heterocycles. The fourth-order valence-electron chi connectivity index (χ4n) is 1.73. The number of halogens is 3. The number of benzene rings is 1. The molecule has 0 fully saturated rings. The lowest BCUT2D eigenvalue weighted by Gasteiger charge is -2.14. The van der Waals surface area contributed by atoms with E-state index in [4.69, 9.17) is 11.6 Å². The molecule has 0 spiro atoms. The number of nitrogens with one attached hydrogen (secondary N) is 1. The van der Waals surface area contributed by atoms with Crippen molar-refractivity contribution in [3.05, 3.63) is 58.9 Å². The van der Waals surface area contributed by atoms with E-state index in [-0.39, 0.29) is 0 Å². The molecular weight excluding hydrogens is 322 g/mol. The Balaban J connectivity index is 2.31. The van der Waals surface area contributed by atoms with Crippen molar-refractivity contribution in [2.24, 2.45) is 0 Å². The van der Waals surface area contributed by atoms with Crippen molar-refractivity contribution in [3.8, 4) is 0 Å². The van der Waals surface area contributed by atoms with Crippen molar-refractivity contribution < 1.29 is 17.2 Å². The van der Waals surface area contributed by atoms with Crippen molar-refractivity contribution in [2.45, 2.75) is 17.9 Å². The second kappa shape index (κ2) is 6.05. The van der Waals surface area contributed by atoms with E-state index in [1.54, 1.807) is 6.07 Å². The number of pyridine rings is 1. The molecule has 0 saturated heterocycles. The van der Waals surface area contributed by atoms with Crippen molar-refractivity contribution >= 4 is 21.6 Å². The molecule has 0 bridgehead atoms. The molecule has 0 aliphatic carbocycles. The van der Waals surface area contributed by atoms with Gasteiger partial charge in [0.15, 0.2) is 4.90 Å². The third-order valence-electron chi connectivity index (χ3n) is 2.71. The molecule has 1 atom stereocenters. The third-order valence-corrected chi connectivity index (χ3v) is 4.53. The first-order chi connectivity index (χ1) is 9.81. The van der Waals surface area contributed by atoms with E-state index >= 15 is 0 Å². The number of hydrogen-bond acceptors (Lipinski definition) is 3. The SMILES string of the molecule is C[C@@H](NS(=O)(=O)c1c(F)cccc1F)c1ccc(Cl)cn1. The summed E-state index contributed by atoms with van der Waals surface area (Å²) in [6.45, 7) is 1.51. The maximum Gasteiger partial charge on any atom is 0.247 e. The summed E-state index contributed by atoms with van der Waals surface area (Å²) in [7, 11) is -4.35. The topological polar surface area (TPSA) is 59.1 Å². The molecular formula is C13H11ClF2N2O2S. The van der Waals surface area contributed by atoms with E-state index in [9.17, 15) is 17.2 Å². The largest absolute Gasteiger partial charge is 0.258 e. The van der Waals surface area contributed by atoms with Crippen LogP contribution >= 0.6 is 11.6 Å². The molecule has 2 aromatic rings. The number of rotatable bonds is 4. The molecule has 4 nitrogen and oxygen atoms in total. The minimum Gasteiger partial charge on any atom is -0.258 e.